The number of benzene rings is 1. The predicted octanol–water partition coefficient (Wildman–Crippen LogP) is 2.83. The van der Waals surface area contributed by atoms with Crippen LogP contribution < -0.4 is 0 Å². The monoisotopic (exact) mass is 271 g/mol. The molecule has 0 N–H and O–H groups in total. The fourth-order valence-electron chi connectivity index (χ4n) is 2.68. The summed E-state index contributed by atoms with van der Waals surface area (Å²) in [6.07, 6.45) is 1.98. The van der Waals surface area contributed by atoms with Crippen molar-refractivity contribution in [2.45, 2.75) is 39.8 Å². The topological polar surface area (TPSA) is 42.2 Å². The van der Waals surface area contributed by atoms with E-state index in [1.807, 2.05) is 0 Å². The summed E-state index contributed by atoms with van der Waals surface area (Å²) in [5.74, 6) is 2.12. The lowest BCUT2D eigenvalue weighted by atomic mass is 10.00. The van der Waals surface area contributed by atoms with Gasteiger partial charge in [-0.2, -0.15) is 4.98 Å². The molecule has 0 saturated heterocycles. The third kappa shape index (κ3) is 3.07. The van der Waals surface area contributed by atoms with Crippen molar-refractivity contribution in [3.8, 4) is 0 Å². The Balaban J connectivity index is 1.63. The molecule has 2 aromatic rings. The first-order valence-corrected chi connectivity index (χ1v) is 7.31. The van der Waals surface area contributed by atoms with E-state index in [-0.39, 0.29) is 0 Å². The van der Waals surface area contributed by atoms with Gasteiger partial charge in [0.05, 0.1) is 6.54 Å². The van der Waals surface area contributed by atoms with Crippen LogP contribution in [0.4, 0.5) is 0 Å². The van der Waals surface area contributed by atoms with E-state index in [9.17, 15) is 0 Å². The zero-order valence-corrected chi connectivity index (χ0v) is 12.2. The summed E-state index contributed by atoms with van der Waals surface area (Å²) >= 11 is 0. The summed E-state index contributed by atoms with van der Waals surface area (Å²) < 4.78 is 5.35. The lowest BCUT2D eigenvalue weighted by Gasteiger charge is -2.27. The minimum atomic E-state index is 0.558. The third-order valence-corrected chi connectivity index (χ3v) is 3.67. The van der Waals surface area contributed by atoms with Crippen LogP contribution >= 0.6 is 0 Å². The second kappa shape index (κ2) is 5.75. The second-order valence-electron chi connectivity index (χ2n) is 5.93. The Morgan fingerprint density at radius 3 is 2.85 bits per heavy atom. The molecule has 1 aromatic heterocycles. The fraction of sp³-hybridized carbons (Fsp3) is 0.500. The molecule has 0 atom stereocenters. The minimum absolute atomic E-state index is 0.558. The van der Waals surface area contributed by atoms with E-state index in [4.69, 9.17) is 4.52 Å². The summed E-state index contributed by atoms with van der Waals surface area (Å²) in [6, 6.07) is 8.65. The first-order valence-electron chi connectivity index (χ1n) is 7.31. The Morgan fingerprint density at radius 1 is 1.25 bits per heavy atom. The van der Waals surface area contributed by atoms with Crippen molar-refractivity contribution in [2.24, 2.45) is 5.92 Å². The van der Waals surface area contributed by atoms with Crippen LogP contribution in [0.3, 0.4) is 0 Å². The average molecular weight is 271 g/mol. The Hall–Kier alpha value is -1.68. The maximum absolute atomic E-state index is 5.35. The van der Waals surface area contributed by atoms with E-state index in [0.29, 0.717) is 5.92 Å². The highest BCUT2D eigenvalue weighted by Gasteiger charge is 2.18. The largest absolute Gasteiger partial charge is 0.338 e. The van der Waals surface area contributed by atoms with Crippen molar-refractivity contribution in [1.82, 2.24) is 15.0 Å². The molecular weight excluding hydrogens is 250 g/mol. The van der Waals surface area contributed by atoms with Crippen molar-refractivity contribution < 1.29 is 4.52 Å². The molecule has 3 rings (SSSR count). The predicted molar refractivity (Wildman–Crippen MR) is 77.1 cm³/mol. The van der Waals surface area contributed by atoms with E-state index >= 15 is 0 Å². The van der Waals surface area contributed by atoms with E-state index < -0.39 is 0 Å². The molecule has 106 valence electrons. The lowest BCUT2D eigenvalue weighted by molar-refractivity contribution is 0.210. The van der Waals surface area contributed by atoms with E-state index in [0.717, 1.165) is 44.2 Å². The maximum atomic E-state index is 5.35. The Kier molecular flexibility index (Phi) is 3.83. The highest BCUT2D eigenvalue weighted by Crippen LogP contribution is 2.19. The van der Waals surface area contributed by atoms with Gasteiger partial charge in [0.15, 0.2) is 5.82 Å². The highest BCUT2D eigenvalue weighted by molar-refractivity contribution is 5.29. The standard InChI is InChI=1S/C16H21N3O/c1-12(2)9-15-17-16(20-18-15)11-19-8-7-13-5-3-4-6-14(13)10-19/h3-6,12H,7-11H2,1-2H3. The van der Waals surface area contributed by atoms with Gasteiger partial charge in [-0.25, -0.2) is 0 Å². The second-order valence-corrected chi connectivity index (χ2v) is 5.93. The quantitative estimate of drug-likeness (QED) is 0.857. The van der Waals surface area contributed by atoms with Gasteiger partial charge in [-0.15, -0.1) is 0 Å². The summed E-state index contributed by atoms with van der Waals surface area (Å²) in [4.78, 5) is 6.85. The first kappa shape index (κ1) is 13.3. The number of fused-ring (bicyclic) bond motifs is 1. The van der Waals surface area contributed by atoms with Crippen LogP contribution in [0.2, 0.25) is 0 Å². The molecule has 0 spiro atoms. The fourth-order valence-corrected chi connectivity index (χ4v) is 2.68. The normalized spacial score (nSPS) is 15.6. The van der Waals surface area contributed by atoms with Gasteiger partial charge in [-0.05, 0) is 23.5 Å². The van der Waals surface area contributed by atoms with E-state index in [1.165, 1.54) is 11.1 Å². The first-order chi connectivity index (χ1) is 9.70. The van der Waals surface area contributed by atoms with Crippen molar-refractivity contribution in [2.75, 3.05) is 6.54 Å². The highest BCUT2D eigenvalue weighted by atomic mass is 16.5. The summed E-state index contributed by atoms with van der Waals surface area (Å²) in [7, 11) is 0. The van der Waals surface area contributed by atoms with E-state index in [1.54, 1.807) is 0 Å². The third-order valence-electron chi connectivity index (χ3n) is 3.67. The van der Waals surface area contributed by atoms with Gasteiger partial charge >= 0.3 is 0 Å². The van der Waals surface area contributed by atoms with Gasteiger partial charge in [-0.1, -0.05) is 43.3 Å². The molecule has 0 unspecified atom stereocenters. The molecule has 0 fully saturated rings. The van der Waals surface area contributed by atoms with Gasteiger partial charge < -0.3 is 4.52 Å². The maximum Gasteiger partial charge on any atom is 0.240 e. The number of hydrogen-bond donors (Lipinski definition) is 0. The smallest absolute Gasteiger partial charge is 0.240 e. The van der Waals surface area contributed by atoms with Gasteiger partial charge in [0.25, 0.3) is 0 Å². The molecule has 1 aliphatic rings. The average Bonchev–Trinajstić information content (AvgIpc) is 2.85. The van der Waals surface area contributed by atoms with Crippen LogP contribution in [0.15, 0.2) is 28.8 Å². The Morgan fingerprint density at radius 2 is 2.05 bits per heavy atom. The molecule has 1 aliphatic heterocycles. The van der Waals surface area contributed by atoms with Gasteiger partial charge in [0, 0.05) is 19.5 Å². The van der Waals surface area contributed by atoms with Crippen molar-refractivity contribution >= 4 is 0 Å². The molecule has 0 radical (unpaired) electrons. The van der Waals surface area contributed by atoms with Crippen molar-refractivity contribution in [1.29, 1.82) is 0 Å². The van der Waals surface area contributed by atoms with Crippen LogP contribution in [-0.2, 0) is 25.9 Å². The molecule has 0 saturated carbocycles. The van der Waals surface area contributed by atoms with E-state index in [2.05, 4.69) is 53.2 Å². The molecule has 20 heavy (non-hydrogen) atoms. The van der Waals surface area contributed by atoms with Gasteiger partial charge in [0.2, 0.25) is 5.89 Å². The molecule has 0 amide bonds. The summed E-state index contributed by atoms with van der Waals surface area (Å²) in [5.41, 5.74) is 2.88. The van der Waals surface area contributed by atoms with Crippen LogP contribution in [0.1, 0.15) is 36.7 Å². The zero-order valence-electron chi connectivity index (χ0n) is 12.2. The summed E-state index contributed by atoms with van der Waals surface area (Å²) in [6.45, 7) is 7.10. The molecule has 1 aromatic carbocycles. The number of hydrogen-bond acceptors (Lipinski definition) is 4. The summed E-state index contributed by atoms with van der Waals surface area (Å²) in [5, 5.41) is 4.05. The van der Waals surface area contributed by atoms with Crippen LogP contribution in [0, 0.1) is 5.92 Å². The van der Waals surface area contributed by atoms with Crippen molar-refractivity contribution in [3.63, 3.8) is 0 Å². The molecule has 0 aliphatic carbocycles. The van der Waals surface area contributed by atoms with Gasteiger partial charge in [-0.3, -0.25) is 4.90 Å². The molecule has 4 nitrogen and oxygen atoms in total. The van der Waals surface area contributed by atoms with Gasteiger partial charge in [0.1, 0.15) is 0 Å². The Bertz CT molecular complexity index is 577. The number of rotatable bonds is 4. The molecular formula is C16H21N3O. The lowest BCUT2D eigenvalue weighted by Crippen LogP contribution is -2.30. The number of nitrogens with zero attached hydrogens (tertiary/aromatic N) is 3. The SMILES string of the molecule is CC(C)Cc1noc(CN2CCc3ccccc3C2)n1. The molecule has 2 heterocycles. The Labute approximate surface area is 119 Å². The zero-order chi connectivity index (χ0) is 13.9. The van der Waals surface area contributed by atoms with Crippen LogP contribution in [0.25, 0.3) is 0 Å². The van der Waals surface area contributed by atoms with Crippen LogP contribution in [-0.4, -0.2) is 21.6 Å². The van der Waals surface area contributed by atoms with Crippen LogP contribution in [0.5, 0.6) is 0 Å². The molecule has 4 heteroatoms. The number of aromatic nitrogens is 2. The minimum Gasteiger partial charge on any atom is -0.338 e. The molecule has 0 bridgehead atoms. The van der Waals surface area contributed by atoms with Crippen molar-refractivity contribution in [3.05, 3.63) is 47.1 Å².